The number of amides is 1. The molecule has 1 heterocycles. The van der Waals surface area contributed by atoms with Gasteiger partial charge >= 0.3 is 6.09 Å². The van der Waals surface area contributed by atoms with Crippen LogP contribution in [-0.4, -0.2) is 24.9 Å². The van der Waals surface area contributed by atoms with E-state index in [9.17, 15) is 9.18 Å². The molecule has 0 bridgehead atoms. The second kappa shape index (κ2) is 4.95. The van der Waals surface area contributed by atoms with Crippen LogP contribution < -0.4 is 10.1 Å². The van der Waals surface area contributed by atoms with E-state index < -0.39 is 12.1 Å². The largest absolute Gasteiger partial charge is 0.496 e. The molecule has 18 heavy (non-hydrogen) atoms. The first-order chi connectivity index (χ1) is 8.60. The summed E-state index contributed by atoms with van der Waals surface area (Å²) >= 11 is 0. The highest BCUT2D eigenvalue weighted by Gasteiger charge is 2.10. The van der Waals surface area contributed by atoms with Crippen molar-refractivity contribution in [3.63, 3.8) is 0 Å². The average molecular weight is 253 g/mol. The minimum Gasteiger partial charge on any atom is -0.496 e. The Morgan fingerprint density at radius 2 is 2.28 bits per heavy atom. The summed E-state index contributed by atoms with van der Waals surface area (Å²) in [6.07, 6.45) is -0.646. The molecule has 1 aromatic heterocycles. The van der Waals surface area contributed by atoms with Crippen molar-refractivity contribution in [2.24, 2.45) is 0 Å². The van der Waals surface area contributed by atoms with E-state index in [0.29, 0.717) is 23.1 Å². The molecule has 0 radical (unpaired) electrons. The van der Waals surface area contributed by atoms with Gasteiger partial charge < -0.3 is 19.6 Å². The van der Waals surface area contributed by atoms with E-state index in [1.807, 2.05) is 0 Å². The Labute approximate surface area is 102 Å². The molecule has 0 saturated carbocycles. The number of rotatable bonds is 4. The van der Waals surface area contributed by atoms with Gasteiger partial charge in [-0.25, -0.2) is 4.79 Å². The van der Waals surface area contributed by atoms with Crippen molar-refractivity contribution in [3.8, 4) is 5.75 Å². The molecule has 2 rings (SSSR count). The molecule has 0 aliphatic carbocycles. The number of furan rings is 1. The number of fused-ring (bicyclic) bond motifs is 1. The number of hydrogen-bond donors (Lipinski definition) is 2. The molecule has 1 amide bonds. The van der Waals surface area contributed by atoms with E-state index in [2.05, 4.69) is 5.32 Å². The lowest BCUT2D eigenvalue weighted by Crippen LogP contribution is -2.23. The summed E-state index contributed by atoms with van der Waals surface area (Å²) in [5.41, 5.74) is 1.17. The van der Waals surface area contributed by atoms with Crippen LogP contribution in [0.2, 0.25) is 0 Å². The number of ether oxygens (including phenoxy) is 1. The van der Waals surface area contributed by atoms with E-state index >= 15 is 0 Å². The highest BCUT2D eigenvalue weighted by atomic mass is 19.1. The molecule has 0 saturated heterocycles. The molecule has 2 aromatic rings. The number of methoxy groups -OCH3 is 1. The van der Waals surface area contributed by atoms with Gasteiger partial charge in [0.2, 0.25) is 0 Å². The summed E-state index contributed by atoms with van der Waals surface area (Å²) in [5.74, 6) is 0.579. The van der Waals surface area contributed by atoms with E-state index in [1.54, 1.807) is 12.1 Å². The molecule has 0 aliphatic heterocycles. The molecule has 96 valence electrons. The van der Waals surface area contributed by atoms with Crippen LogP contribution in [0.1, 0.15) is 5.56 Å². The third-order valence-corrected chi connectivity index (χ3v) is 2.56. The number of benzene rings is 1. The van der Waals surface area contributed by atoms with Crippen LogP contribution in [0.15, 0.2) is 22.6 Å². The van der Waals surface area contributed by atoms with Crippen LogP contribution in [0, 0.1) is 6.01 Å². The summed E-state index contributed by atoms with van der Waals surface area (Å²) in [6, 6.07) is 3.93. The maximum absolute atomic E-state index is 12.9. The van der Waals surface area contributed by atoms with Crippen molar-refractivity contribution in [2.75, 3.05) is 13.7 Å². The molecule has 0 fully saturated rings. The highest BCUT2D eigenvalue weighted by molar-refractivity contribution is 5.80. The molecule has 0 unspecified atom stereocenters. The Morgan fingerprint density at radius 3 is 2.94 bits per heavy atom. The standard InChI is InChI=1S/C12H12FNO4/c1-17-9-5-8-6-11(13)18-10(8)4-7(9)2-3-14-12(15)16/h4-6,14H,2-3H2,1H3,(H,15,16). The fourth-order valence-electron chi connectivity index (χ4n) is 1.77. The Morgan fingerprint density at radius 1 is 1.50 bits per heavy atom. The van der Waals surface area contributed by atoms with Gasteiger partial charge in [-0.1, -0.05) is 0 Å². The maximum atomic E-state index is 12.9. The number of halogens is 1. The SMILES string of the molecule is COc1cc2cc(F)oc2cc1CCNC(=O)O. The fourth-order valence-corrected chi connectivity index (χ4v) is 1.77. The molecular formula is C12H12FNO4. The second-order valence-electron chi connectivity index (χ2n) is 3.73. The minimum absolute atomic E-state index is 0.250. The van der Waals surface area contributed by atoms with Crippen molar-refractivity contribution < 1.29 is 23.4 Å². The predicted octanol–water partition coefficient (Wildman–Crippen LogP) is 2.39. The Bertz CT molecular complexity index is 579. The van der Waals surface area contributed by atoms with Crippen molar-refractivity contribution >= 4 is 17.1 Å². The van der Waals surface area contributed by atoms with Gasteiger partial charge in [0.25, 0.3) is 6.01 Å². The lowest BCUT2D eigenvalue weighted by Gasteiger charge is -2.08. The zero-order chi connectivity index (χ0) is 13.1. The topological polar surface area (TPSA) is 71.7 Å². The van der Waals surface area contributed by atoms with E-state index in [1.165, 1.54) is 13.2 Å². The predicted molar refractivity (Wildman–Crippen MR) is 62.5 cm³/mol. The summed E-state index contributed by atoms with van der Waals surface area (Å²) in [4.78, 5) is 10.3. The van der Waals surface area contributed by atoms with Gasteiger partial charge in [0.15, 0.2) is 0 Å². The van der Waals surface area contributed by atoms with E-state index in [-0.39, 0.29) is 6.54 Å². The molecule has 5 nitrogen and oxygen atoms in total. The van der Waals surface area contributed by atoms with Crippen LogP contribution in [0.4, 0.5) is 9.18 Å². The molecule has 0 spiro atoms. The molecule has 6 heteroatoms. The van der Waals surface area contributed by atoms with Crippen LogP contribution >= 0.6 is 0 Å². The number of carbonyl (C=O) groups is 1. The Kier molecular flexibility index (Phi) is 3.36. The van der Waals surface area contributed by atoms with Gasteiger partial charge in [0, 0.05) is 18.0 Å². The van der Waals surface area contributed by atoms with E-state index in [0.717, 1.165) is 5.56 Å². The molecule has 0 aliphatic rings. The zero-order valence-electron chi connectivity index (χ0n) is 9.70. The summed E-state index contributed by atoms with van der Waals surface area (Å²) in [7, 11) is 1.51. The van der Waals surface area contributed by atoms with Crippen LogP contribution in [0.5, 0.6) is 5.75 Å². The number of hydrogen-bond acceptors (Lipinski definition) is 3. The third kappa shape index (κ3) is 2.53. The van der Waals surface area contributed by atoms with Gasteiger partial charge in [-0.15, -0.1) is 0 Å². The average Bonchev–Trinajstić information content (AvgIpc) is 2.66. The van der Waals surface area contributed by atoms with Gasteiger partial charge in [0.05, 0.1) is 7.11 Å². The molecule has 2 N–H and O–H groups in total. The molecule has 0 atom stereocenters. The van der Waals surface area contributed by atoms with Gasteiger partial charge in [-0.05, 0) is 24.1 Å². The lowest BCUT2D eigenvalue weighted by atomic mass is 10.1. The maximum Gasteiger partial charge on any atom is 0.404 e. The number of nitrogens with one attached hydrogen (secondary N) is 1. The van der Waals surface area contributed by atoms with Crippen molar-refractivity contribution in [1.29, 1.82) is 0 Å². The van der Waals surface area contributed by atoms with Gasteiger partial charge in [-0.3, -0.25) is 0 Å². The third-order valence-electron chi connectivity index (χ3n) is 2.56. The normalized spacial score (nSPS) is 10.6. The van der Waals surface area contributed by atoms with Crippen LogP contribution in [-0.2, 0) is 6.42 Å². The number of carboxylic acid groups (broad SMARTS) is 1. The molecular weight excluding hydrogens is 241 g/mol. The summed E-state index contributed by atoms with van der Waals surface area (Å²) < 4.78 is 23.0. The summed E-state index contributed by atoms with van der Waals surface area (Å²) in [5, 5.41) is 11.3. The Hall–Kier alpha value is -2.24. The highest BCUT2D eigenvalue weighted by Crippen LogP contribution is 2.28. The second-order valence-corrected chi connectivity index (χ2v) is 3.73. The lowest BCUT2D eigenvalue weighted by molar-refractivity contribution is 0.194. The van der Waals surface area contributed by atoms with Crippen molar-refractivity contribution in [1.82, 2.24) is 5.32 Å². The zero-order valence-corrected chi connectivity index (χ0v) is 9.70. The van der Waals surface area contributed by atoms with Gasteiger partial charge in [0.1, 0.15) is 11.3 Å². The van der Waals surface area contributed by atoms with Gasteiger partial charge in [-0.2, -0.15) is 4.39 Å². The van der Waals surface area contributed by atoms with E-state index in [4.69, 9.17) is 14.3 Å². The first-order valence-electron chi connectivity index (χ1n) is 5.33. The Balaban J connectivity index is 2.26. The smallest absolute Gasteiger partial charge is 0.404 e. The first-order valence-corrected chi connectivity index (χ1v) is 5.33. The fraction of sp³-hybridized carbons (Fsp3) is 0.250. The quantitative estimate of drug-likeness (QED) is 0.877. The minimum atomic E-state index is -1.08. The van der Waals surface area contributed by atoms with Crippen molar-refractivity contribution in [3.05, 3.63) is 29.8 Å². The summed E-state index contributed by atoms with van der Waals surface area (Å²) in [6.45, 7) is 0.250. The first kappa shape index (κ1) is 12.2. The monoisotopic (exact) mass is 253 g/mol. The van der Waals surface area contributed by atoms with Crippen LogP contribution in [0.3, 0.4) is 0 Å². The van der Waals surface area contributed by atoms with Crippen LogP contribution in [0.25, 0.3) is 11.0 Å². The van der Waals surface area contributed by atoms with Crippen molar-refractivity contribution in [2.45, 2.75) is 6.42 Å². The molecule has 1 aromatic carbocycles.